The highest BCUT2D eigenvalue weighted by molar-refractivity contribution is 14.1. The first-order valence-electron chi connectivity index (χ1n) is 6.75. The molecule has 2 heterocycles. The molecule has 0 aromatic carbocycles. The van der Waals surface area contributed by atoms with Gasteiger partial charge in [0.05, 0.1) is 3.57 Å². The number of carbonyl (C=O) groups excluding carboxylic acids is 2. The fourth-order valence-electron chi connectivity index (χ4n) is 2.23. The minimum atomic E-state index is -0.646. The molecule has 1 aliphatic heterocycles. The second kappa shape index (κ2) is 7.53. The lowest BCUT2D eigenvalue weighted by Crippen LogP contribution is -2.31. The number of nitrogens with one attached hydrogen (secondary N) is 1. The van der Waals surface area contributed by atoms with E-state index in [1.165, 1.54) is 18.4 Å². The van der Waals surface area contributed by atoms with Gasteiger partial charge < -0.3 is 14.2 Å². The molecule has 0 unspecified atom stereocenters. The van der Waals surface area contributed by atoms with Crippen molar-refractivity contribution in [3.8, 4) is 0 Å². The van der Waals surface area contributed by atoms with E-state index in [0.717, 1.165) is 0 Å². The highest BCUT2D eigenvalue weighted by Gasteiger charge is 2.39. The molecule has 1 aromatic heterocycles. The van der Waals surface area contributed by atoms with Crippen molar-refractivity contribution >= 4 is 46.7 Å². The van der Waals surface area contributed by atoms with Gasteiger partial charge >= 0.3 is 17.6 Å². The van der Waals surface area contributed by atoms with Gasteiger partial charge in [0.15, 0.2) is 0 Å². The molecule has 1 fully saturated rings. The number of aromatic amines is 1. The van der Waals surface area contributed by atoms with Gasteiger partial charge in [-0.2, -0.15) is 0 Å². The summed E-state index contributed by atoms with van der Waals surface area (Å²) in [5.74, 6) is -0.935. The summed E-state index contributed by atoms with van der Waals surface area (Å²) in [7, 11) is 0. The standard InChI is InChI=1S/C13H15IN2O6S/c1-6(17)20-5-10-9(21-7(2)18)3-11(22-10)16-4-8(14)12(23)15-13(16)19/h4,9-11H,3,5H2,1-2H3,(H,15,19,23)/t9-,10-,11-/m1/s1. The van der Waals surface area contributed by atoms with Crippen LogP contribution in [0.15, 0.2) is 11.0 Å². The number of nitrogens with zero attached hydrogens (tertiary/aromatic N) is 1. The van der Waals surface area contributed by atoms with Crippen LogP contribution >= 0.6 is 34.8 Å². The molecular weight excluding hydrogens is 439 g/mol. The number of rotatable bonds is 4. The lowest BCUT2D eigenvalue weighted by atomic mass is 10.2. The monoisotopic (exact) mass is 454 g/mol. The quantitative estimate of drug-likeness (QED) is 0.416. The van der Waals surface area contributed by atoms with Crippen LogP contribution in [0.2, 0.25) is 0 Å². The van der Waals surface area contributed by atoms with Crippen LogP contribution < -0.4 is 5.69 Å². The van der Waals surface area contributed by atoms with E-state index < -0.39 is 36.1 Å². The molecule has 0 amide bonds. The maximum Gasteiger partial charge on any atom is 0.328 e. The highest BCUT2D eigenvalue weighted by Crippen LogP contribution is 2.30. The van der Waals surface area contributed by atoms with Crippen molar-refractivity contribution in [2.75, 3.05) is 6.61 Å². The molecule has 23 heavy (non-hydrogen) atoms. The fraction of sp³-hybridized carbons (Fsp3) is 0.538. The molecule has 0 aliphatic carbocycles. The Morgan fingerprint density at radius 3 is 2.78 bits per heavy atom. The van der Waals surface area contributed by atoms with Crippen LogP contribution in [0.5, 0.6) is 0 Å². The first-order chi connectivity index (χ1) is 10.8. The molecule has 2 rings (SSSR count). The summed E-state index contributed by atoms with van der Waals surface area (Å²) in [6.45, 7) is 2.50. The molecular formula is C13H15IN2O6S. The zero-order valence-electron chi connectivity index (χ0n) is 12.4. The van der Waals surface area contributed by atoms with Crippen molar-refractivity contribution < 1.29 is 23.8 Å². The molecule has 1 N–H and O–H groups in total. The van der Waals surface area contributed by atoms with E-state index in [9.17, 15) is 14.4 Å². The van der Waals surface area contributed by atoms with Crippen LogP contribution in [-0.4, -0.2) is 40.3 Å². The van der Waals surface area contributed by atoms with Crippen molar-refractivity contribution in [3.05, 3.63) is 24.9 Å². The molecule has 1 saturated heterocycles. The Balaban J connectivity index is 2.23. The van der Waals surface area contributed by atoms with Crippen molar-refractivity contribution in [1.29, 1.82) is 0 Å². The number of esters is 2. The van der Waals surface area contributed by atoms with Crippen LogP contribution in [-0.2, 0) is 23.8 Å². The maximum atomic E-state index is 12.0. The van der Waals surface area contributed by atoms with Crippen LogP contribution in [0.1, 0.15) is 26.5 Å². The first-order valence-corrected chi connectivity index (χ1v) is 8.23. The van der Waals surface area contributed by atoms with Gasteiger partial charge in [0.2, 0.25) is 0 Å². The van der Waals surface area contributed by atoms with Crippen LogP contribution in [0.3, 0.4) is 0 Å². The second-order valence-electron chi connectivity index (χ2n) is 4.96. The largest absolute Gasteiger partial charge is 0.463 e. The summed E-state index contributed by atoms with van der Waals surface area (Å²) in [4.78, 5) is 36.8. The summed E-state index contributed by atoms with van der Waals surface area (Å²) in [5, 5.41) is 0. The predicted molar refractivity (Wildman–Crippen MR) is 89.3 cm³/mol. The van der Waals surface area contributed by atoms with Gasteiger partial charge in [0, 0.05) is 26.5 Å². The Kier molecular flexibility index (Phi) is 5.92. The third-order valence-corrected chi connectivity index (χ3v) is 4.69. The molecule has 1 aliphatic rings. The van der Waals surface area contributed by atoms with Gasteiger partial charge in [0.1, 0.15) is 29.7 Å². The van der Waals surface area contributed by atoms with Gasteiger partial charge in [-0.25, -0.2) is 4.79 Å². The summed E-state index contributed by atoms with van der Waals surface area (Å²) in [5.41, 5.74) is -0.421. The van der Waals surface area contributed by atoms with Crippen LogP contribution in [0.25, 0.3) is 0 Å². The van der Waals surface area contributed by atoms with E-state index in [1.807, 2.05) is 22.6 Å². The molecule has 0 bridgehead atoms. The summed E-state index contributed by atoms with van der Waals surface area (Å²) >= 11 is 7.01. The Morgan fingerprint density at radius 2 is 2.17 bits per heavy atom. The van der Waals surface area contributed by atoms with Crippen LogP contribution in [0.4, 0.5) is 0 Å². The smallest absolute Gasteiger partial charge is 0.328 e. The highest BCUT2D eigenvalue weighted by atomic mass is 127. The molecule has 0 spiro atoms. The topological polar surface area (TPSA) is 99.6 Å². The van der Waals surface area contributed by atoms with Crippen LogP contribution in [0, 0.1) is 8.21 Å². The van der Waals surface area contributed by atoms with Crippen molar-refractivity contribution in [1.82, 2.24) is 9.55 Å². The molecule has 0 radical (unpaired) electrons. The zero-order valence-corrected chi connectivity index (χ0v) is 15.4. The zero-order chi connectivity index (χ0) is 17.1. The summed E-state index contributed by atoms with van der Waals surface area (Å²) in [6, 6.07) is 0. The summed E-state index contributed by atoms with van der Waals surface area (Å²) < 4.78 is 18.2. The first kappa shape index (κ1) is 18.1. The van der Waals surface area contributed by atoms with Gasteiger partial charge in [-0.15, -0.1) is 0 Å². The third-order valence-electron chi connectivity index (χ3n) is 3.18. The van der Waals surface area contributed by atoms with E-state index in [0.29, 0.717) is 8.21 Å². The average Bonchev–Trinajstić information content (AvgIpc) is 2.82. The number of aromatic nitrogens is 2. The number of ether oxygens (including phenoxy) is 3. The predicted octanol–water partition coefficient (Wildman–Crippen LogP) is 1.29. The van der Waals surface area contributed by atoms with Gasteiger partial charge in [-0.1, -0.05) is 12.2 Å². The van der Waals surface area contributed by atoms with Gasteiger partial charge in [-0.05, 0) is 22.6 Å². The Hall–Kier alpha value is -1.27. The van der Waals surface area contributed by atoms with E-state index in [4.69, 9.17) is 26.4 Å². The molecule has 8 nitrogen and oxygen atoms in total. The lowest BCUT2D eigenvalue weighted by Gasteiger charge is -2.17. The minimum Gasteiger partial charge on any atom is -0.463 e. The normalized spacial score (nSPS) is 23.5. The van der Waals surface area contributed by atoms with Gasteiger partial charge in [-0.3, -0.25) is 19.1 Å². The summed E-state index contributed by atoms with van der Waals surface area (Å²) in [6.07, 6.45) is -0.0460. The fourth-order valence-corrected chi connectivity index (χ4v) is 2.81. The number of hydrogen-bond acceptors (Lipinski definition) is 7. The van der Waals surface area contributed by atoms with Crippen molar-refractivity contribution in [2.45, 2.75) is 38.7 Å². The SMILES string of the molecule is CC(=O)OC[C@H]1O[C@@H](n2cc(I)c(=S)[nH]c2=O)C[C@H]1OC(C)=O. The third kappa shape index (κ3) is 4.61. The molecule has 1 aromatic rings. The number of halogens is 1. The maximum absolute atomic E-state index is 12.0. The second-order valence-corrected chi connectivity index (χ2v) is 6.53. The van der Waals surface area contributed by atoms with E-state index in [1.54, 1.807) is 6.20 Å². The van der Waals surface area contributed by atoms with E-state index in [2.05, 4.69) is 4.98 Å². The van der Waals surface area contributed by atoms with E-state index in [-0.39, 0.29) is 13.0 Å². The minimum absolute atomic E-state index is 0.0571. The van der Waals surface area contributed by atoms with Crippen molar-refractivity contribution in [3.63, 3.8) is 0 Å². The molecule has 126 valence electrons. The number of H-pyrrole nitrogens is 1. The average molecular weight is 454 g/mol. The molecule has 10 heteroatoms. The molecule has 0 saturated carbocycles. The van der Waals surface area contributed by atoms with Crippen molar-refractivity contribution in [2.24, 2.45) is 0 Å². The Labute approximate surface area is 150 Å². The molecule has 3 atom stereocenters. The van der Waals surface area contributed by atoms with Gasteiger partial charge in [0.25, 0.3) is 0 Å². The van der Waals surface area contributed by atoms with E-state index >= 15 is 0 Å². The number of hydrogen-bond donors (Lipinski definition) is 1. The Morgan fingerprint density at radius 1 is 1.48 bits per heavy atom. The number of carbonyl (C=O) groups is 2. The Bertz CT molecular complexity index is 730. The lowest BCUT2D eigenvalue weighted by molar-refractivity contribution is -0.155.